The number of fused-ring (bicyclic) bond motifs is 2. The second kappa shape index (κ2) is 15.2. The van der Waals surface area contributed by atoms with E-state index in [9.17, 15) is 14.7 Å². The SMILES string of the molecule is C=CCN(C(=O)C1N(CCCCCCO)C(=O)[C@@H]2[C@H](C(=O)N(CC=C)c3ccc(OCC)cc3)[C@@H]3CCC12S3)c1ccc2ccccc2c1. The van der Waals surface area contributed by atoms with Crippen molar-refractivity contribution in [3.05, 3.63) is 92.0 Å². The average Bonchev–Trinajstić information content (AvgIpc) is 3.76. The number of carbonyl (C=O) groups excluding carboxylic acids is 3. The topological polar surface area (TPSA) is 90.4 Å². The number of hydrogen-bond acceptors (Lipinski definition) is 6. The van der Waals surface area contributed by atoms with Crippen LogP contribution in [-0.2, 0) is 14.4 Å². The Bertz CT molecular complexity index is 1690. The molecule has 6 rings (SSSR count). The lowest BCUT2D eigenvalue weighted by Gasteiger charge is -2.37. The smallest absolute Gasteiger partial charge is 0.251 e. The van der Waals surface area contributed by atoms with Gasteiger partial charge in [-0.15, -0.1) is 24.9 Å². The highest BCUT2D eigenvalue weighted by molar-refractivity contribution is 8.02. The predicted molar refractivity (Wildman–Crippen MR) is 198 cm³/mol. The van der Waals surface area contributed by atoms with Crippen molar-refractivity contribution in [1.82, 2.24) is 4.90 Å². The van der Waals surface area contributed by atoms with E-state index in [0.29, 0.717) is 39.1 Å². The molecule has 3 fully saturated rings. The summed E-state index contributed by atoms with van der Waals surface area (Å²) in [5.41, 5.74) is 1.49. The standard InChI is InChI=1S/C40H47N3O5S/c1-4-23-41(30-17-19-32(20-18-30)48-6-3)37(45)34-33-21-22-40(49-33)35(34)38(46)43(25-11-7-8-12-26-44)36(40)39(47)42(24-5-2)31-16-15-28-13-9-10-14-29(28)27-31/h4-5,9-10,13-20,27,33-36,44H,1-2,6-8,11-12,21-26H2,3H3/t33-,34+,35-,36?,40?/m0/s1. The number of amides is 3. The molecule has 0 saturated carbocycles. The van der Waals surface area contributed by atoms with Gasteiger partial charge in [0.25, 0.3) is 5.91 Å². The van der Waals surface area contributed by atoms with Crippen molar-refractivity contribution in [2.24, 2.45) is 11.8 Å². The van der Waals surface area contributed by atoms with Gasteiger partial charge < -0.3 is 24.5 Å². The summed E-state index contributed by atoms with van der Waals surface area (Å²) in [6, 6.07) is 20.8. The van der Waals surface area contributed by atoms with Crippen molar-refractivity contribution in [2.45, 2.75) is 61.5 Å². The highest BCUT2D eigenvalue weighted by atomic mass is 32.2. The number of anilines is 2. The van der Waals surface area contributed by atoms with Crippen LogP contribution in [0.15, 0.2) is 92.0 Å². The van der Waals surface area contributed by atoms with E-state index < -0.39 is 22.6 Å². The van der Waals surface area contributed by atoms with E-state index in [2.05, 4.69) is 13.2 Å². The molecule has 5 atom stereocenters. The zero-order valence-electron chi connectivity index (χ0n) is 28.3. The van der Waals surface area contributed by atoms with Gasteiger partial charge in [-0.3, -0.25) is 14.4 Å². The van der Waals surface area contributed by atoms with Gasteiger partial charge >= 0.3 is 0 Å². The van der Waals surface area contributed by atoms with Crippen LogP contribution in [0.3, 0.4) is 0 Å². The van der Waals surface area contributed by atoms with Crippen molar-refractivity contribution >= 4 is 51.6 Å². The lowest BCUT2D eigenvalue weighted by Crippen LogP contribution is -2.55. The molecule has 3 heterocycles. The van der Waals surface area contributed by atoms with E-state index in [-0.39, 0.29) is 29.6 Å². The molecule has 3 saturated heterocycles. The van der Waals surface area contributed by atoms with Crippen molar-refractivity contribution in [1.29, 1.82) is 0 Å². The third-order valence-corrected chi connectivity index (χ3v) is 12.2. The van der Waals surface area contributed by atoms with Crippen molar-refractivity contribution in [3.8, 4) is 5.75 Å². The summed E-state index contributed by atoms with van der Waals surface area (Å²) in [6.45, 7) is 11.5. The Balaban J connectivity index is 1.36. The van der Waals surface area contributed by atoms with Crippen LogP contribution < -0.4 is 14.5 Å². The molecule has 3 aliphatic rings. The number of thioether (sulfide) groups is 1. The Labute approximate surface area is 293 Å². The Hall–Kier alpha value is -4.08. The van der Waals surface area contributed by atoms with Crippen molar-refractivity contribution in [2.75, 3.05) is 42.6 Å². The van der Waals surface area contributed by atoms with E-state index in [4.69, 9.17) is 4.74 Å². The molecule has 258 valence electrons. The fourth-order valence-corrected chi connectivity index (χ4v) is 10.4. The molecule has 8 nitrogen and oxygen atoms in total. The summed E-state index contributed by atoms with van der Waals surface area (Å²) >= 11 is 1.69. The predicted octanol–water partition coefficient (Wildman–Crippen LogP) is 6.62. The summed E-state index contributed by atoms with van der Waals surface area (Å²) in [5, 5.41) is 11.4. The van der Waals surface area contributed by atoms with Crippen LogP contribution in [-0.4, -0.2) is 76.6 Å². The van der Waals surface area contributed by atoms with Gasteiger partial charge in [0.15, 0.2) is 0 Å². The van der Waals surface area contributed by atoms with Gasteiger partial charge in [-0.05, 0) is 79.8 Å². The highest BCUT2D eigenvalue weighted by Crippen LogP contribution is 2.67. The van der Waals surface area contributed by atoms with Crippen LogP contribution in [0, 0.1) is 11.8 Å². The Morgan fingerprint density at radius 3 is 2.31 bits per heavy atom. The Morgan fingerprint density at radius 2 is 1.61 bits per heavy atom. The molecule has 2 bridgehead atoms. The molecule has 2 unspecified atom stereocenters. The van der Waals surface area contributed by atoms with Crippen LogP contribution in [0.5, 0.6) is 5.75 Å². The fourth-order valence-electron chi connectivity index (χ4n) is 8.17. The summed E-state index contributed by atoms with van der Waals surface area (Å²) in [4.78, 5) is 49.7. The summed E-state index contributed by atoms with van der Waals surface area (Å²) < 4.78 is 4.92. The van der Waals surface area contributed by atoms with E-state index in [1.165, 1.54) is 0 Å². The molecule has 1 spiro atoms. The summed E-state index contributed by atoms with van der Waals surface area (Å²) in [7, 11) is 0. The van der Waals surface area contributed by atoms with Gasteiger partial charge in [-0.1, -0.05) is 55.3 Å². The van der Waals surface area contributed by atoms with Crippen LogP contribution in [0.2, 0.25) is 0 Å². The number of rotatable bonds is 16. The zero-order chi connectivity index (χ0) is 34.5. The van der Waals surface area contributed by atoms with Crippen molar-refractivity contribution < 1.29 is 24.2 Å². The first-order valence-electron chi connectivity index (χ1n) is 17.5. The maximum Gasteiger partial charge on any atom is 0.251 e. The molecule has 3 amide bonds. The zero-order valence-corrected chi connectivity index (χ0v) is 29.2. The Morgan fingerprint density at radius 1 is 0.939 bits per heavy atom. The van der Waals surface area contributed by atoms with Gasteiger partial charge in [0.1, 0.15) is 11.8 Å². The first kappa shape index (κ1) is 34.8. The maximum absolute atomic E-state index is 15.0. The quantitative estimate of drug-likeness (QED) is 0.135. The third-order valence-electron chi connectivity index (χ3n) is 10.3. The monoisotopic (exact) mass is 681 g/mol. The second-order valence-corrected chi connectivity index (χ2v) is 14.8. The van der Waals surface area contributed by atoms with E-state index in [0.717, 1.165) is 53.6 Å². The number of carbonyl (C=O) groups is 3. The largest absolute Gasteiger partial charge is 0.494 e. The lowest BCUT2D eigenvalue weighted by molar-refractivity contribution is -0.139. The van der Waals surface area contributed by atoms with Crippen LogP contribution in [0.1, 0.15) is 45.4 Å². The molecule has 0 aromatic heterocycles. The minimum absolute atomic E-state index is 0.0630. The number of aliphatic hydroxyl groups is 1. The average molecular weight is 682 g/mol. The summed E-state index contributed by atoms with van der Waals surface area (Å²) in [5.74, 6) is -0.764. The molecule has 0 radical (unpaired) electrons. The number of ether oxygens (including phenoxy) is 1. The van der Waals surface area contributed by atoms with Crippen LogP contribution in [0.25, 0.3) is 10.8 Å². The number of unbranched alkanes of at least 4 members (excludes halogenated alkanes) is 3. The van der Waals surface area contributed by atoms with Gasteiger partial charge in [-0.25, -0.2) is 0 Å². The lowest BCUT2D eigenvalue weighted by atomic mass is 9.70. The third kappa shape index (κ3) is 6.51. The first-order chi connectivity index (χ1) is 23.9. The summed E-state index contributed by atoms with van der Waals surface area (Å²) in [6.07, 6.45) is 8.02. The number of benzene rings is 3. The van der Waals surface area contributed by atoms with Crippen LogP contribution in [0.4, 0.5) is 11.4 Å². The van der Waals surface area contributed by atoms with Gasteiger partial charge in [0.05, 0.1) is 23.2 Å². The molecular weight excluding hydrogens is 635 g/mol. The molecule has 0 aliphatic carbocycles. The number of likely N-dealkylation sites (tertiary alicyclic amines) is 1. The normalized spacial score (nSPS) is 23.8. The molecular formula is C40H47N3O5S. The number of nitrogens with zero attached hydrogens (tertiary/aromatic N) is 3. The number of aliphatic hydroxyl groups excluding tert-OH is 1. The number of hydrogen-bond donors (Lipinski definition) is 1. The van der Waals surface area contributed by atoms with Gasteiger partial charge in [-0.2, -0.15) is 0 Å². The molecule has 1 N–H and O–H groups in total. The molecule has 3 aliphatic heterocycles. The highest BCUT2D eigenvalue weighted by Gasteiger charge is 2.74. The molecule has 49 heavy (non-hydrogen) atoms. The maximum atomic E-state index is 15.0. The first-order valence-corrected chi connectivity index (χ1v) is 18.4. The Kier molecular flexibility index (Phi) is 10.8. The van der Waals surface area contributed by atoms with Gasteiger partial charge in [0.2, 0.25) is 11.8 Å². The molecule has 9 heteroatoms. The van der Waals surface area contributed by atoms with E-state index in [1.807, 2.05) is 73.7 Å². The molecule has 3 aromatic carbocycles. The van der Waals surface area contributed by atoms with Crippen LogP contribution >= 0.6 is 11.8 Å². The van der Waals surface area contributed by atoms with E-state index >= 15 is 4.79 Å². The minimum atomic E-state index is -0.709. The fraction of sp³-hybridized carbons (Fsp3) is 0.425. The molecule has 3 aromatic rings. The van der Waals surface area contributed by atoms with E-state index in [1.54, 1.807) is 38.6 Å². The minimum Gasteiger partial charge on any atom is -0.494 e. The second-order valence-electron chi connectivity index (χ2n) is 13.2. The van der Waals surface area contributed by atoms with Gasteiger partial charge in [0, 0.05) is 42.9 Å². The van der Waals surface area contributed by atoms with Crippen molar-refractivity contribution in [3.63, 3.8) is 0 Å².